The Morgan fingerprint density at radius 3 is 2.67 bits per heavy atom. The molecule has 1 unspecified atom stereocenters. The summed E-state index contributed by atoms with van der Waals surface area (Å²) in [6.45, 7) is 0.201. The van der Waals surface area contributed by atoms with Crippen LogP contribution in [0.4, 0.5) is 4.39 Å². The van der Waals surface area contributed by atoms with Gasteiger partial charge in [0.2, 0.25) is 10.0 Å². The van der Waals surface area contributed by atoms with Crippen LogP contribution in [0, 0.1) is 5.82 Å². The molecule has 1 fully saturated rings. The van der Waals surface area contributed by atoms with Crippen molar-refractivity contribution >= 4 is 19.9 Å². The third-order valence-corrected chi connectivity index (χ3v) is 6.54. The van der Waals surface area contributed by atoms with E-state index in [0.717, 1.165) is 6.07 Å². The van der Waals surface area contributed by atoms with Crippen LogP contribution in [0.3, 0.4) is 0 Å². The summed E-state index contributed by atoms with van der Waals surface area (Å²) in [5, 5.41) is 2.75. The van der Waals surface area contributed by atoms with Gasteiger partial charge in [-0.1, -0.05) is 0 Å². The summed E-state index contributed by atoms with van der Waals surface area (Å²) in [6, 6.07) is 2.88. The number of benzene rings is 1. The highest BCUT2D eigenvalue weighted by Gasteiger charge is 2.31. The molecular weight excluding hydrogens is 319 g/mol. The highest BCUT2D eigenvalue weighted by molar-refractivity contribution is 7.92. The van der Waals surface area contributed by atoms with Crippen LogP contribution < -0.4 is 10.0 Å². The third kappa shape index (κ3) is 4.00. The molecule has 1 aromatic carbocycles. The molecule has 9 heteroatoms. The largest absolute Gasteiger partial charge is 0.316 e. The minimum absolute atomic E-state index is 0.0192. The summed E-state index contributed by atoms with van der Waals surface area (Å²) in [4.78, 5) is -0.0709. The highest BCUT2D eigenvalue weighted by Crippen LogP contribution is 2.18. The maximum absolute atomic E-state index is 13.5. The van der Waals surface area contributed by atoms with Crippen molar-refractivity contribution in [2.45, 2.75) is 23.9 Å². The Bertz CT molecular complexity index is 732. The fraction of sp³-hybridized carbons (Fsp3) is 0.500. The molecule has 118 valence electrons. The van der Waals surface area contributed by atoms with Gasteiger partial charge in [0.15, 0.2) is 9.84 Å². The van der Waals surface area contributed by atoms with Crippen LogP contribution in [0.5, 0.6) is 0 Å². The van der Waals surface area contributed by atoms with Gasteiger partial charge in [-0.25, -0.2) is 25.9 Å². The monoisotopic (exact) mass is 336 g/mol. The smallest absolute Gasteiger partial charge is 0.240 e. The van der Waals surface area contributed by atoms with Gasteiger partial charge in [-0.2, -0.15) is 0 Å². The average Bonchev–Trinajstić information content (AvgIpc) is 2.70. The van der Waals surface area contributed by atoms with E-state index in [-0.39, 0.29) is 34.9 Å². The molecule has 0 saturated carbocycles. The second kappa shape index (κ2) is 5.99. The number of nitrogens with one attached hydrogen (secondary N) is 2. The number of sulfonamides is 1. The molecule has 21 heavy (non-hydrogen) atoms. The Labute approximate surface area is 123 Å². The molecular formula is C12H17FN2O4S2. The lowest BCUT2D eigenvalue weighted by Gasteiger charge is -2.12. The molecule has 0 radical (unpaired) electrons. The molecule has 1 aromatic rings. The molecule has 0 spiro atoms. The van der Waals surface area contributed by atoms with Gasteiger partial charge in [-0.05, 0) is 31.7 Å². The van der Waals surface area contributed by atoms with E-state index in [1.54, 1.807) is 7.05 Å². The molecule has 1 heterocycles. The summed E-state index contributed by atoms with van der Waals surface area (Å²) in [6.07, 6.45) is 0.256. The van der Waals surface area contributed by atoms with Crippen molar-refractivity contribution in [2.24, 2.45) is 0 Å². The zero-order valence-electron chi connectivity index (χ0n) is 11.5. The molecule has 6 nitrogen and oxygen atoms in total. The second-order valence-corrected chi connectivity index (χ2v) is 8.95. The van der Waals surface area contributed by atoms with Crippen LogP contribution in [0.1, 0.15) is 12.0 Å². The van der Waals surface area contributed by atoms with E-state index in [2.05, 4.69) is 10.0 Å². The highest BCUT2D eigenvalue weighted by atomic mass is 32.2. The predicted octanol–water partition coefficient (Wildman–Crippen LogP) is 0.0105. The molecule has 0 bridgehead atoms. The number of rotatable bonds is 5. The van der Waals surface area contributed by atoms with E-state index in [1.807, 2.05) is 0 Å². The van der Waals surface area contributed by atoms with Gasteiger partial charge in [-0.15, -0.1) is 0 Å². The zero-order chi connectivity index (χ0) is 15.7. The maximum atomic E-state index is 13.5. The summed E-state index contributed by atoms with van der Waals surface area (Å²) >= 11 is 0. The Kier molecular flexibility index (Phi) is 4.66. The van der Waals surface area contributed by atoms with Crippen LogP contribution in [-0.2, 0) is 26.4 Å². The first-order chi connectivity index (χ1) is 9.73. The fourth-order valence-corrected chi connectivity index (χ4v) is 5.32. The van der Waals surface area contributed by atoms with Crippen molar-refractivity contribution in [3.05, 3.63) is 29.6 Å². The summed E-state index contributed by atoms with van der Waals surface area (Å²) in [7, 11) is -5.40. The van der Waals surface area contributed by atoms with Crippen molar-refractivity contribution in [3.8, 4) is 0 Å². The molecule has 0 aromatic heterocycles. The summed E-state index contributed by atoms with van der Waals surface area (Å²) < 4.78 is 63.0. The third-order valence-electron chi connectivity index (χ3n) is 3.25. The van der Waals surface area contributed by atoms with E-state index in [4.69, 9.17) is 0 Å². The first-order valence-electron chi connectivity index (χ1n) is 6.39. The average molecular weight is 336 g/mol. The van der Waals surface area contributed by atoms with Crippen LogP contribution in [0.25, 0.3) is 0 Å². The van der Waals surface area contributed by atoms with Gasteiger partial charge < -0.3 is 5.32 Å². The van der Waals surface area contributed by atoms with Crippen molar-refractivity contribution < 1.29 is 21.2 Å². The Balaban J connectivity index is 2.22. The van der Waals surface area contributed by atoms with E-state index < -0.39 is 31.7 Å². The number of halogens is 1. The number of hydrogen-bond acceptors (Lipinski definition) is 5. The summed E-state index contributed by atoms with van der Waals surface area (Å²) in [5.41, 5.74) is 0.236. The Morgan fingerprint density at radius 1 is 1.38 bits per heavy atom. The SMILES string of the molecule is CNCc1cc(S(=O)(=O)NC2CCS(=O)(=O)C2)ccc1F. The standard InChI is InChI=1S/C12H17FN2O4S2/c1-14-7-9-6-11(2-3-12(9)13)21(18,19)15-10-4-5-20(16,17)8-10/h2-3,6,10,14-15H,4-5,7-8H2,1H3. The first kappa shape index (κ1) is 16.3. The van der Waals surface area contributed by atoms with Gasteiger partial charge in [0.25, 0.3) is 0 Å². The van der Waals surface area contributed by atoms with Crippen LogP contribution in [0.2, 0.25) is 0 Å². The zero-order valence-corrected chi connectivity index (χ0v) is 13.1. The van der Waals surface area contributed by atoms with Crippen molar-refractivity contribution in [2.75, 3.05) is 18.6 Å². The van der Waals surface area contributed by atoms with Crippen LogP contribution in [-0.4, -0.2) is 41.4 Å². The van der Waals surface area contributed by atoms with E-state index in [9.17, 15) is 21.2 Å². The van der Waals surface area contributed by atoms with Gasteiger partial charge in [0, 0.05) is 18.2 Å². The number of hydrogen-bond donors (Lipinski definition) is 2. The molecule has 0 aliphatic carbocycles. The van der Waals surface area contributed by atoms with Crippen molar-refractivity contribution in [3.63, 3.8) is 0 Å². The van der Waals surface area contributed by atoms with Gasteiger partial charge >= 0.3 is 0 Å². The topological polar surface area (TPSA) is 92.3 Å². The number of sulfone groups is 1. The molecule has 1 aliphatic heterocycles. The fourth-order valence-electron chi connectivity index (χ4n) is 2.22. The lowest BCUT2D eigenvalue weighted by molar-refractivity contribution is 0.560. The van der Waals surface area contributed by atoms with Crippen LogP contribution >= 0.6 is 0 Å². The quantitative estimate of drug-likeness (QED) is 0.790. The summed E-state index contributed by atoms with van der Waals surface area (Å²) in [5.74, 6) is -0.711. The molecule has 1 aliphatic rings. The van der Waals surface area contributed by atoms with E-state index >= 15 is 0 Å². The molecule has 1 saturated heterocycles. The molecule has 0 amide bonds. The first-order valence-corrected chi connectivity index (χ1v) is 9.70. The van der Waals surface area contributed by atoms with Crippen molar-refractivity contribution in [1.29, 1.82) is 0 Å². The van der Waals surface area contributed by atoms with Gasteiger partial charge in [0.05, 0.1) is 16.4 Å². The Morgan fingerprint density at radius 2 is 2.10 bits per heavy atom. The van der Waals surface area contributed by atoms with Crippen molar-refractivity contribution in [1.82, 2.24) is 10.0 Å². The van der Waals surface area contributed by atoms with Crippen LogP contribution in [0.15, 0.2) is 23.1 Å². The maximum Gasteiger partial charge on any atom is 0.240 e. The van der Waals surface area contributed by atoms with Gasteiger partial charge in [0.1, 0.15) is 5.82 Å². The minimum atomic E-state index is -3.86. The normalized spacial score (nSPS) is 21.5. The second-order valence-electron chi connectivity index (χ2n) is 5.00. The van der Waals surface area contributed by atoms with E-state index in [0.29, 0.717) is 0 Å². The van der Waals surface area contributed by atoms with E-state index in [1.165, 1.54) is 12.1 Å². The molecule has 2 N–H and O–H groups in total. The molecule has 1 atom stereocenters. The lowest BCUT2D eigenvalue weighted by Crippen LogP contribution is -2.35. The Hall–Kier alpha value is -1.03. The molecule has 2 rings (SSSR count). The minimum Gasteiger partial charge on any atom is -0.316 e. The lowest BCUT2D eigenvalue weighted by atomic mass is 10.2. The predicted molar refractivity (Wildman–Crippen MR) is 76.5 cm³/mol. The van der Waals surface area contributed by atoms with Gasteiger partial charge in [-0.3, -0.25) is 0 Å².